The molecule has 0 saturated heterocycles. The van der Waals surface area contributed by atoms with Crippen molar-refractivity contribution in [2.24, 2.45) is 5.73 Å². The predicted octanol–water partition coefficient (Wildman–Crippen LogP) is 2.02. The van der Waals surface area contributed by atoms with Gasteiger partial charge in [0.05, 0.1) is 13.2 Å². The van der Waals surface area contributed by atoms with Crippen LogP contribution < -0.4 is 15.2 Å². The van der Waals surface area contributed by atoms with Gasteiger partial charge in [-0.1, -0.05) is 0 Å². The molecule has 0 radical (unpaired) electrons. The summed E-state index contributed by atoms with van der Waals surface area (Å²) in [4.78, 5) is 0. The van der Waals surface area contributed by atoms with Crippen molar-refractivity contribution in [1.82, 2.24) is 14.8 Å². The van der Waals surface area contributed by atoms with E-state index in [2.05, 4.69) is 14.8 Å². The summed E-state index contributed by atoms with van der Waals surface area (Å²) >= 11 is 0. The Labute approximate surface area is 130 Å². The fraction of sp³-hybridized carbons (Fsp3) is 0.500. The van der Waals surface area contributed by atoms with Crippen molar-refractivity contribution < 1.29 is 9.47 Å². The Bertz CT molecular complexity index is 654. The van der Waals surface area contributed by atoms with Crippen LogP contribution in [0.25, 0.3) is 11.4 Å². The molecule has 6 nitrogen and oxygen atoms in total. The number of aryl methyl sites for hydroxylation is 1. The molecule has 0 bridgehead atoms. The van der Waals surface area contributed by atoms with Gasteiger partial charge in [-0.05, 0) is 38.5 Å². The maximum absolute atomic E-state index is 6.08. The standard InChI is InChI=1S/C16H22N4O2/c1-3-21-13-7-5-11(9-14(13)22-4-2)16-19-18-15-8-6-12(17)10-20(15)16/h5,7,9,12H,3-4,6,8,10,17H2,1-2H3. The lowest BCUT2D eigenvalue weighted by atomic mass is 10.1. The maximum Gasteiger partial charge on any atom is 0.164 e. The molecule has 3 rings (SSSR count). The smallest absolute Gasteiger partial charge is 0.164 e. The van der Waals surface area contributed by atoms with Gasteiger partial charge in [0, 0.05) is 24.6 Å². The van der Waals surface area contributed by atoms with Crippen molar-refractivity contribution in [2.75, 3.05) is 13.2 Å². The maximum atomic E-state index is 6.08. The number of aromatic nitrogens is 3. The SMILES string of the molecule is CCOc1ccc(-c2nnc3n2CC(N)CC3)cc1OCC. The molecule has 6 heteroatoms. The second-order valence-electron chi connectivity index (χ2n) is 5.38. The minimum Gasteiger partial charge on any atom is -0.490 e. The first-order valence-corrected chi connectivity index (χ1v) is 7.80. The third kappa shape index (κ3) is 2.78. The molecule has 0 fully saturated rings. The first kappa shape index (κ1) is 14.8. The molecule has 0 saturated carbocycles. The van der Waals surface area contributed by atoms with E-state index in [4.69, 9.17) is 15.2 Å². The minimum atomic E-state index is 0.163. The zero-order valence-electron chi connectivity index (χ0n) is 13.1. The molecule has 0 aliphatic carbocycles. The highest BCUT2D eigenvalue weighted by molar-refractivity contribution is 5.61. The molecule has 0 spiro atoms. The largest absolute Gasteiger partial charge is 0.490 e. The van der Waals surface area contributed by atoms with E-state index in [1.807, 2.05) is 32.0 Å². The van der Waals surface area contributed by atoms with E-state index < -0.39 is 0 Å². The summed E-state index contributed by atoms with van der Waals surface area (Å²) in [5.41, 5.74) is 7.05. The second-order valence-corrected chi connectivity index (χ2v) is 5.38. The van der Waals surface area contributed by atoms with Gasteiger partial charge in [-0.15, -0.1) is 10.2 Å². The van der Waals surface area contributed by atoms with E-state index in [1.54, 1.807) is 0 Å². The van der Waals surface area contributed by atoms with Crippen LogP contribution in [0.3, 0.4) is 0 Å². The van der Waals surface area contributed by atoms with Crippen LogP contribution in [-0.4, -0.2) is 34.0 Å². The van der Waals surface area contributed by atoms with Crippen LogP contribution in [0.2, 0.25) is 0 Å². The van der Waals surface area contributed by atoms with Gasteiger partial charge in [0.1, 0.15) is 5.82 Å². The summed E-state index contributed by atoms with van der Waals surface area (Å²) in [6.07, 6.45) is 1.84. The van der Waals surface area contributed by atoms with Crippen molar-refractivity contribution in [3.63, 3.8) is 0 Å². The van der Waals surface area contributed by atoms with E-state index in [1.165, 1.54) is 0 Å². The molecule has 0 amide bonds. The molecule has 1 aliphatic heterocycles. The molecule has 2 aromatic rings. The molecule has 2 heterocycles. The lowest BCUT2D eigenvalue weighted by molar-refractivity contribution is 0.288. The summed E-state index contributed by atoms with van der Waals surface area (Å²) < 4.78 is 13.4. The van der Waals surface area contributed by atoms with Crippen molar-refractivity contribution in [2.45, 2.75) is 39.3 Å². The van der Waals surface area contributed by atoms with Crippen molar-refractivity contribution in [3.8, 4) is 22.9 Å². The molecule has 1 aliphatic rings. The van der Waals surface area contributed by atoms with Crippen LogP contribution in [0.5, 0.6) is 11.5 Å². The molecule has 2 N–H and O–H groups in total. The Morgan fingerprint density at radius 2 is 1.95 bits per heavy atom. The fourth-order valence-corrected chi connectivity index (χ4v) is 2.76. The van der Waals surface area contributed by atoms with Gasteiger partial charge in [-0.3, -0.25) is 0 Å². The summed E-state index contributed by atoms with van der Waals surface area (Å²) in [7, 11) is 0. The number of benzene rings is 1. The quantitative estimate of drug-likeness (QED) is 0.914. The van der Waals surface area contributed by atoms with Gasteiger partial charge in [0.25, 0.3) is 0 Å². The normalized spacial score (nSPS) is 17.1. The lowest BCUT2D eigenvalue weighted by Crippen LogP contribution is -2.32. The average Bonchev–Trinajstić information content (AvgIpc) is 2.92. The first-order chi connectivity index (χ1) is 10.7. The molecule has 1 aromatic heterocycles. The van der Waals surface area contributed by atoms with Crippen molar-refractivity contribution >= 4 is 0 Å². The molecule has 1 unspecified atom stereocenters. The van der Waals surface area contributed by atoms with Gasteiger partial charge in [0.2, 0.25) is 0 Å². The summed E-state index contributed by atoms with van der Waals surface area (Å²) in [6.45, 7) is 5.87. The molecule has 22 heavy (non-hydrogen) atoms. The van der Waals surface area contributed by atoms with E-state index in [-0.39, 0.29) is 6.04 Å². The van der Waals surface area contributed by atoms with E-state index in [0.29, 0.717) is 13.2 Å². The molecule has 118 valence electrons. The van der Waals surface area contributed by atoms with Crippen LogP contribution in [0.1, 0.15) is 26.1 Å². The lowest BCUT2D eigenvalue weighted by Gasteiger charge is -2.21. The van der Waals surface area contributed by atoms with Crippen LogP contribution >= 0.6 is 0 Å². The van der Waals surface area contributed by atoms with Crippen LogP contribution in [0.15, 0.2) is 18.2 Å². The van der Waals surface area contributed by atoms with Crippen molar-refractivity contribution in [3.05, 3.63) is 24.0 Å². The summed E-state index contributed by atoms with van der Waals surface area (Å²) in [5.74, 6) is 3.33. The second kappa shape index (κ2) is 6.36. The van der Waals surface area contributed by atoms with E-state index in [0.717, 1.165) is 48.1 Å². The van der Waals surface area contributed by atoms with Crippen LogP contribution in [-0.2, 0) is 13.0 Å². The van der Waals surface area contributed by atoms with E-state index >= 15 is 0 Å². The third-order valence-corrected chi connectivity index (χ3v) is 3.78. The first-order valence-electron chi connectivity index (χ1n) is 7.80. The zero-order valence-corrected chi connectivity index (χ0v) is 13.1. The fourth-order valence-electron chi connectivity index (χ4n) is 2.76. The van der Waals surface area contributed by atoms with Crippen molar-refractivity contribution in [1.29, 1.82) is 0 Å². The third-order valence-electron chi connectivity index (χ3n) is 3.78. The molecule has 1 atom stereocenters. The number of rotatable bonds is 5. The Hall–Kier alpha value is -2.08. The predicted molar refractivity (Wildman–Crippen MR) is 84.1 cm³/mol. The van der Waals surface area contributed by atoms with Crippen LogP contribution in [0, 0.1) is 0 Å². The molecule has 1 aromatic carbocycles. The number of nitrogens with two attached hydrogens (primary N) is 1. The van der Waals surface area contributed by atoms with Gasteiger partial charge in [-0.25, -0.2) is 0 Å². The zero-order chi connectivity index (χ0) is 15.5. The number of hydrogen-bond acceptors (Lipinski definition) is 5. The Morgan fingerprint density at radius 1 is 1.18 bits per heavy atom. The van der Waals surface area contributed by atoms with E-state index in [9.17, 15) is 0 Å². The monoisotopic (exact) mass is 302 g/mol. The highest BCUT2D eigenvalue weighted by atomic mass is 16.5. The number of nitrogens with zero attached hydrogens (tertiary/aromatic N) is 3. The topological polar surface area (TPSA) is 75.2 Å². The Morgan fingerprint density at radius 3 is 2.73 bits per heavy atom. The molecular weight excluding hydrogens is 280 g/mol. The summed E-state index contributed by atoms with van der Waals surface area (Å²) in [6, 6.07) is 6.04. The highest BCUT2D eigenvalue weighted by Crippen LogP contribution is 2.33. The highest BCUT2D eigenvalue weighted by Gasteiger charge is 2.22. The minimum absolute atomic E-state index is 0.163. The van der Waals surface area contributed by atoms with Gasteiger partial charge < -0.3 is 19.8 Å². The number of fused-ring (bicyclic) bond motifs is 1. The summed E-state index contributed by atoms with van der Waals surface area (Å²) in [5, 5.41) is 8.63. The Kier molecular flexibility index (Phi) is 4.29. The Balaban J connectivity index is 1.98. The molecular formula is C16H22N4O2. The van der Waals surface area contributed by atoms with Gasteiger partial charge in [-0.2, -0.15) is 0 Å². The number of ether oxygens (including phenoxy) is 2. The van der Waals surface area contributed by atoms with Gasteiger partial charge in [0.15, 0.2) is 17.3 Å². The van der Waals surface area contributed by atoms with Crippen LogP contribution in [0.4, 0.5) is 0 Å². The van der Waals surface area contributed by atoms with Gasteiger partial charge >= 0.3 is 0 Å². The average molecular weight is 302 g/mol. The number of hydrogen-bond donors (Lipinski definition) is 1.